The molecule has 24 heavy (non-hydrogen) atoms. The molecule has 138 valence electrons. The molecule has 2 rings (SSSR count). The van der Waals surface area contributed by atoms with Gasteiger partial charge in [-0.15, -0.1) is 12.4 Å². The topological polar surface area (TPSA) is 15.3 Å². The van der Waals surface area contributed by atoms with Crippen LogP contribution in [0.3, 0.4) is 0 Å². The van der Waals surface area contributed by atoms with Crippen molar-refractivity contribution in [2.75, 3.05) is 26.2 Å². The van der Waals surface area contributed by atoms with Crippen molar-refractivity contribution in [3.05, 3.63) is 34.1 Å². The van der Waals surface area contributed by atoms with Crippen molar-refractivity contribution < 1.29 is 26.3 Å². The van der Waals surface area contributed by atoms with Gasteiger partial charge in [0.15, 0.2) is 0 Å². The van der Waals surface area contributed by atoms with Crippen LogP contribution >= 0.6 is 24.0 Å². The van der Waals surface area contributed by atoms with E-state index in [0.717, 1.165) is 0 Å². The molecule has 0 aliphatic carbocycles. The third kappa shape index (κ3) is 5.15. The fraction of sp³-hybridized carbons (Fsp3) is 0.571. The minimum atomic E-state index is -4.73. The van der Waals surface area contributed by atoms with E-state index < -0.39 is 47.0 Å². The van der Waals surface area contributed by atoms with E-state index in [2.05, 4.69) is 5.32 Å². The van der Waals surface area contributed by atoms with E-state index in [1.807, 2.05) is 0 Å². The zero-order valence-electron chi connectivity index (χ0n) is 12.3. The van der Waals surface area contributed by atoms with Crippen molar-refractivity contribution in [1.82, 2.24) is 10.2 Å². The fourth-order valence-corrected chi connectivity index (χ4v) is 2.88. The molecule has 0 unspecified atom stereocenters. The first-order valence-electron chi connectivity index (χ1n) is 6.99. The number of alkyl halides is 5. The number of hydrogen-bond acceptors (Lipinski definition) is 2. The molecule has 0 amide bonds. The lowest BCUT2D eigenvalue weighted by molar-refractivity contribution is -0.137. The summed E-state index contributed by atoms with van der Waals surface area (Å²) in [6.45, 7) is 1.66. The highest BCUT2D eigenvalue weighted by atomic mass is 35.5. The van der Waals surface area contributed by atoms with Crippen LogP contribution in [0.4, 0.5) is 26.3 Å². The van der Waals surface area contributed by atoms with Gasteiger partial charge in [0.1, 0.15) is 5.82 Å². The zero-order chi connectivity index (χ0) is 17.2. The van der Waals surface area contributed by atoms with Crippen LogP contribution in [-0.2, 0) is 6.18 Å². The maximum absolute atomic E-state index is 14.2. The standard InChI is InChI=1S/C14H15ClF6N2.ClH/c15-10-6-8(14(19,20)21)5-9(13(10)18)11(7-12(16)17)23-3-1-22-2-4-23;/h5-6,11-12,22H,1-4,7H2;1H/t11-;/m1./s1. The molecule has 1 saturated heterocycles. The number of hydrogen-bond donors (Lipinski definition) is 1. The molecule has 1 aliphatic heterocycles. The second-order valence-corrected chi connectivity index (χ2v) is 5.69. The Kier molecular flexibility index (Phi) is 7.65. The van der Waals surface area contributed by atoms with Gasteiger partial charge in [-0.25, -0.2) is 13.2 Å². The average Bonchev–Trinajstić information content (AvgIpc) is 2.47. The van der Waals surface area contributed by atoms with Crippen molar-refractivity contribution in [1.29, 1.82) is 0 Å². The van der Waals surface area contributed by atoms with Gasteiger partial charge in [-0.2, -0.15) is 13.2 Å². The predicted molar refractivity (Wildman–Crippen MR) is 81.5 cm³/mol. The maximum Gasteiger partial charge on any atom is 0.416 e. The molecular formula is C14H16Cl2F6N2. The molecule has 0 aromatic heterocycles. The quantitative estimate of drug-likeness (QED) is 0.752. The summed E-state index contributed by atoms with van der Waals surface area (Å²) in [7, 11) is 0. The first-order valence-corrected chi connectivity index (χ1v) is 7.37. The Morgan fingerprint density at radius 2 is 1.75 bits per heavy atom. The van der Waals surface area contributed by atoms with Gasteiger partial charge in [0.25, 0.3) is 0 Å². The lowest BCUT2D eigenvalue weighted by Gasteiger charge is -2.35. The Hall–Kier alpha value is -0.700. The molecular weight excluding hydrogens is 381 g/mol. The Bertz CT molecular complexity index is 547. The van der Waals surface area contributed by atoms with Crippen molar-refractivity contribution in [3.8, 4) is 0 Å². The van der Waals surface area contributed by atoms with Crippen LogP contribution in [-0.4, -0.2) is 37.5 Å². The Balaban J connectivity index is 0.00000288. The Labute approximate surface area is 146 Å². The molecule has 1 heterocycles. The van der Waals surface area contributed by atoms with Gasteiger partial charge in [-0.1, -0.05) is 11.6 Å². The van der Waals surface area contributed by atoms with Crippen molar-refractivity contribution in [2.45, 2.75) is 25.1 Å². The third-order valence-corrected chi connectivity index (χ3v) is 4.01. The minimum Gasteiger partial charge on any atom is -0.314 e. The molecule has 1 aromatic rings. The van der Waals surface area contributed by atoms with Crippen molar-refractivity contribution >= 4 is 24.0 Å². The van der Waals surface area contributed by atoms with Gasteiger partial charge >= 0.3 is 6.18 Å². The molecule has 2 nitrogen and oxygen atoms in total. The first kappa shape index (κ1) is 21.3. The van der Waals surface area contributed by atoms with Crippen LogP contribution in [0.15, 0.2) is 12.1 Å². The minimum absolute atomic E-state index is 0. The van der Waals surface area contributed by atoms with E-state index in [4.69, 9.17) is 11.6 Å². The van der Waals surface area contributed by atoms with Crippen LogP contribution in [0.2, 0.25) is 5.02 Å². The zero-order valence-corrected chi connectivity index (χ0v) is 13.9. The number of piperazine rings is 1. The van der Waals surface area contributed by atoms with Gasteiger partial charge in [0.2, 0.25) is 6.43 Å². The number of nitrogens with zero attached hydrogens (tertiary/aromatic N) is 1. The summed E-state index contributed by atoms with van der Waals surface area (Å²) >= 11 is 5.55. The lowest BCUT2D eigenvalue weighted by atomic mass is 9.98. The van der Waals surface area contributed by atoms with Gasteiger partial charge in [-0.3, -0.25) is 4.90 Å². The molecule has 0 spiro atoms. The number of benzene rings is 1. The van der Waals surface area contributed by atoms with E-state index >= 15 is 0 Å². The van der Waals surface area contributed by atoms with E-state index in [-0.39, 0.29) is 12.4 Å². The van der Waals surface area contributed by atoms with Crippen LogP contribution in [0, 0.1) is 5.82 Å². The van der Waals surface area contributed by atoms with Crippen LogP contribution < -0.4 is 5.32 Å². The first-order chi connectivity index (χ1) is 10.7. The van der Waals surface area contributed by atoms with Crippen LogP contribution in [0.25, 0.3) is 0 Å². The average molecular weight is 397 g/mol. The summed E-state index contributed by atoms with van der Waals surface area (Å²) in [5, 5.41) is 2.29. The van der Waals surface area contributed by atoms with E-state index in [9.17, 15) is 26.3 Å². The normalized spacial score (nSPS) is 17.7. The molecule has 0 radical (unpaired) electrons. The summed E-state index contributed by atoms with van der Waals surface area (Å²) in [6.07, 6.45) is -8.26. The third-order valence-electron chi connectivity index (χ3n) is 3.74. The highest BCUT2D eigenvalue weighted by Crippen LogP contribution is 2.38. The van der Waals surface area contributed by atoms with E-state index in [1.54, 1.807) is 4.90 Å². The van der Waals surface area contributed by atoms with Gasteiger partial charge < -0.3 is 5.32 Å². The number of halogens is 8. The summed E-state index contributed by atoms with van der Waals surface area (Å²) in [5.74, 6) is -1.08. The molecule has 0 bridgehead atoms. The molecule has 10 heteroatoms. The summed E-state index contributed by atoms with van der Waals surface area (Å²) in [5.41, 5.74) is -1.58. The highest BCUT2D eigenvalue weighted by molar-refractivity contribution is 6.30. The van der Waals surface area contributed by atoms with Gasteiger partial charge in [0, 0.05) is 44.2 Å². The molecule has 1 aliphatic rings. The predicted octanol–water partition coefficient (Wildman–Crippen LogP) is 4.52. The highest BCUT2D eigenvalue weighted by Gasteiger charge is 2.35. The molecule has 1 aromatic carbocycles. The van der Waals surface area contributed by atoms with E-state index in [0.29, 0.717) is 38.3 Å². The fourth-order valence-electron chi connectivity index (χ4n) is 2.65. The maximum atomic E-state index is 14.2. The summed E-state index contributed by atoms with van der Waals surface area (Å²) in [6, 6.07) is -0.106. The van der Waals surface area contributed by atoms with Gasteiger partial charge in [0.05, 0.1) is 10.6 Å². The van der Waals surface area contributed by atoms with Crippen molar-refractivity contribution in [3.63, 3.8) is 0 Å². The molecule has 1 atom stereocenters. The smallest absolute Gasteiger partial charge is 0.314 e. The monoisotopic (exact) mass is 396 g/mol. The SMILES string of the molecule is Cl.Fc1c(Cl)cc(C(F)(F)F)cc1[C@@H](CC(F)F)N1CCNCC1. The Morgan fingerprint density at radius 1 is 1.17 bits per heavy atom. The second-order valence-electron chi connectivity index (χ2n) is 5.29. The van der Waals surface area contributed by atoms with Crippen LogP contribution in [0.1, 0.15) is 23.6 Å². The summed E-state index contributed by atoms with van der Waals surface area (Å²) < 4.78 is 78.7. The van der Waals surface area contributed by atoms with Crippen LogP contribution in [0.5, 0.6) is 0 Å². The summed E-state index contributed by atoms with van der Waals surface area (Å²) in [4.78, 5) is 1.55. The molecule has 1 fully saturated rings. The molecule has 0 saturated carbocycles. The largest absolute Gasteiger partial charge is 0.416 e. The van der Waals surface area contributed by atoms with Gasteiger partial charge in [-0.05, 0) is 12.1 Å². The van der Waals surface area contributed by atoms with E-state index in [1.165, 1.54) is 0 Å². The molecule has 1 N–H and O–H groups in total. The number of nitrogens with one attached hydrogen (secondary N) is 1. The second kappa shape index (κ2) is 8.60. The lowest BCUT2D eigenvalue weighted by Crippen LogP contribution is -2.45. The Morgan fingerprint density at radius 3 is 2.25 bits per heavy atom. The van der Waals surface area contributed by atoms with Crippen molar-refractivity contribution in [2.24, 2.45) is 0 Å². The number of rotatable bonds is 4.